The molecule has 21 heavy (non-hydrogen) atoms. The van der Waals surface area contributed by atoms with Crippen LogP contribution in [-0.2, 0) is 11.2 Å². The van der Waals surface area contributed by atoms with E-state index in [2.05, 4.69) is 4.98 Å². The molecule has 1 aromatic heterocycles. The van der Waals surface area contributed by atoms with Crippen molar-refractivity contribution in [2.24, 2.45) is 0 Å². The smallest absolute Gasteiger partial charge is 0.328 e. The Bertz CT molecular complexity index is 667. The summed E-state index contributed by atoms with van der Waals surface area (Å²) in [6.07, 6.45) is 2.98. The zero-order valence-corrected chi connectivity index (χ0v) is 12.2. The SMILES string of the molecule is Cc1ncsc1CCOc1cc(F)cc(/C=C/C(=O)O)c1. The third-order valence-electron chi connectivity index (χ3n) is 2.75. The molecule has 4 nitrogen and oxygen atoms in total. The molecule has 0 saturated heterocycles. The van der Waals surface area contributed by atoms with Crippen LogP contribution in [0.3, 0.4) is 0 Å². The first-order valence-electron chi connectivity index (χ1n) is 6.28. The van der Waals surface area contributed by atoms with Crippen LogP contribution in [-0.4, -0.2) is 22.7 Å². The minimum Gasteiger partial charge on any atom is -0.493 e. The Morgan fingerprint density at radius 2 is 2.29 bits per heavy atom. The fraction of sp³-hybridized carbons (Fsp3) is 0.200. The summed E-state index contributed by atoms with van der Waals surface area (Å²) in [5, 5.41) is 8.57. The molecule has 0 atom stereocenters. The molecule has 0 fully saturated rings. The van der Waals surface area contributed by atoms with Crippen LogP contribution < -0.4 is 4.74 Å². The van der Waals surface area contributed by atoms with Gasteiger partial charge >= 0.3 is 5.97 Å². The Balaban J connectivity index is 1.99. The number of halogens is 1. The molecule has 0 bridgehead atoms. The number of hydrogen-bond donors (Lipinski definition) is 1. The standard InChI is InChI=1S/C15H14FNO3S/c1-10-14(21-9-17-10)4-5-20-13-7-11(2-3-15(18)19)6-12(16)8-13/h2-3,6-9H,4-5H2,1H3,(H,18,19)/b3-2+. The van der Waals surface area contributed by atoms with Crippen LogP contribution in [0.25, 0.3) is 6.08 Å². The molecule has 0 unspecified atom stereocenters. The number of ether oxygens (including phenoxy) is 1. The summed E-state index contributed by atoms with van der Waals surface area (Å²) in [6.45, 7) is 2.34. The first kappa shape index (κ1) is 15.2. The quantitative estimate of drug-likeness (QED) is 0.832. The van der Waals surface area contributed by atoms with Crippen LogP contribution in [0.15, 0.2) is 29.8 Å². The predicted molar refractivity (Wildman–Crippen MR) is 79.1 cm³/mol. The van der Waals surface area contributed by atoms with Crippen molar-refractivity contribution in [2.75, 3.05) is 6.61 Å². The molecule has 1 N–H and O–H groups in total. The van der Waals surface area contributed by atoms with E-state index in [1.165, 1.54) is 18.2 Å². The second-order valence-electron chi connectivity index (χ2n) is 4.35. The molecule has 0 spiro atoms. The third-order valence-corrected chi connectivity index (χ3v) is 3.75. The Morgan fingerprint density at radius 3 is 2.95 bits per heavy atom. The van der Waals surface area contributed by atoms with E-state index in [4.69, 9.17) is 9.84 Å². The van der Waals surface area contributed by atoms with Gasteiger partial charge in [-0.05, 0) is 30.7 Å². The van der Waals surface area contributed by atoms with Crippen molar-refractivity contribution in [2.45, 2.75) is 13.3 Å². The molecule has 2 aromatic rings. The highest BCUT2D eigenvalue weighted by molar-refractivity contribution is 7.09. The molecule has 110 valence electrons. The maximum Gasteiger partial charge on any atom is 0.328 e. The summed E-state index contributed by atoms with van der Waals surface area (Å²) in [5.74, 6) is -1.17. The third kappa shape index (κ3) is 4.68. The highest BCUT2D eigenvalue weighted by Crippen LogP contribution is 2.19. The topological polar surface area (TPSA) is 59.4 Å². The maximum atomic E-state index is 13.4. The van der Waals surface area contributed by atoms with Crippen molar-refractivity contribution in [3.63, 3.8) is 0 Å². The summed E-state index contributed by atoms with van der Waals surface area (Å²) in [6, 6.07) is 4.12. The van der Waals surface area contributed by atoms with Crippen LogP contribution in [0.4, 0.5) is 4.39 Å². The van der Waals surface area contributed by atoms with Crippen molar-refractivity contribution in [3.8, 4) is 5.75 Å². The summed E-state index contributed by atoms with van der Waals surface area (Å²) in [7, 11) is 0. The average molecular weight is 307 g/mol. The van der Waals surface area contributed by atoms with E-state index in [9.17, 15) is 9.18 Å². The van der Waals surface area contributed by atoms with Gasteiger partial charge in [0.1, 0.15) is 11.6 Å². The molecule has 0 aliphatic carbocycles. The first-order valence-corrected chi connectivity index (χ1v) is 7.16. The monoisotopic (exact) mass is 307 g/mol. The summed E-state index contributed by atoms with van der Waals surface area (Å²) < 4.78 is 19.0. The van der Waals surface area contributed by atoms with Crippen molar-refractivity contribution < 1.29 is 19.0 Å². The fourth-order valence-corrected chi connectivity index (χ4v) is 2.52. The Kier molecular flexibility index (Phi) is 5.05. The Labute approximate surface area is 125 Å². The molecule has 0 amide bonds. The zero-order valence-electron chi connectivity index (χ0n) is 11.4. The molecular formula is C15H14FNO3S. The van der Waals surface area contributed by atoms with Crippen LogP contribution >= 0.6 is 11.3 Å². The zero-order chi connectivity index (χ0) is 15.2. The van der Waals surface area contributed by atoms with E-state index < -0.39 is 11.8 Å². The van der Waals surface area contributed by atoms with Gasteiger partial charge in [-0.15, -0.1) is 11.3 Å². The molecule has 6 heteroatoms. The average Bonchev–Trinajstić information content (AvgIpc) is 2.82. The Hall–Kier alpha value is -2.21. The van der Waals surface area contributed by atoms with Gasteiger partial charge in [0.05, 0.1) is 17.8 Å². The second kappa shape index (κ2) is 6.99. The predicted octanol–water partition coefficient (Wildman–Crippen LogP) is 3.31. The van der Waals surface area contributed by atoms with Crippen molar-refractivity contribution in [1.82, 2.24) is 4.98 Å². The van der Waals surface area contributed by atoms with E-state index in [0.717, 1.165) is 16.6 Å². The first-order chi connectivity index (χ1) is 10.0. The molecule has 0 radical (unpaired) electrons. The van der Waals surface area contributed by atoms with Gasteiger partial charge in [-0.25, -0.2) is 14.2 Å². The molecule has 0 aliphatic rings. The summed E-state index contributed by atoms with van der Waals surface area (Å²) in [5.41, 5.74) is 3.20. The van der Waals surface area contributed by atoms with Gasteiger partial charge in [0, 0.05) is 23.4 Å². The van der Waals surface area contributed by atoms with Gasteiger partial charge < -0.3 is 9.84 Å². The van der Waals surface area contributed by atoms with Crippen LogP contribution in [0, 0.1) is 12.7 Å². The van der Waals surface area contributed by atoms with Gasteiger partial charge in [-0.2, -0.15) is 0 Å². The number of carboxylic acids is 1. The van der Waals surface area contributed by atoms with Crippen molar-refractivity contribution in [1.29, 1.82) is 0 Å². The highest BCUT2D eigenvalue weighted by atomic mass is 32.1. The van der Waals surface area contributed by atoms with E-state index >= 15 is 0 Å². The van der Waals surface area contributed by atoms with Crippen LogP contribution in [0.1, 0.15) is 16.1 Å². The molecule has 2 rings (SSSR count). The lowest BCUT2D eigenvalue weighted by atomic mass is 10.2. The number of carboxylic acid groups (broad SMARTS) is 1. The van der Waals surface area contributed by atoms with Gasteiger partial charge in [0.2, 0.25) is 0 Å². The van der Waals surface area contributed by atoms with Crippen molar-refractivity contribution >= 4 is 23.4 Å². The number of nitrogens with zero attached hydrogens (tertiary/aromatic N) is 1. The van der Waals surface area contributed by atoms with Gasteiger partial charge in [-0.3, -0.25) is 0 Å². The van der Waals surface area contributed by atoms with Crippen molar-refractivity contribution in [3.05, 3.63) is 51.7 Å². The lowest BCUT2D eigenvalue weighted by Gasteiger charge is -2.07. The highest BCUT2D eigenvalue weighted by Gasteiger charge is 2.04. The second-order valence-corrected chi connectivity index (χ2v) is 5.29. The number of aliphatic carboxylic acids is 1. The maximum absolute atomic E-state index is 13.4. The lowest BCUT2D eigenvalue weighted by Crippen LogP contribution is -2.01. The van der Waals surface area contributed by atoms with Gasteiger partial charge in [0.15, 0.2) is 0 Å². The van der Waals surface area contributed by atoms with Gasteiger partial charge in [-0.1, -0.05) is 0 Å². The van der Waals surface area contributed by atoms with Crippen LogP contribution in [0.2, 0.25) is 0 Å². The largest absolute Gasteiger partial charge is 0.493 e. The molecule has 0 saturated carbocycles. The Morgan fingerprint density at radius 1 is 1.48 bits per heavy atom. The molecular weight excluding hydrogens is 293 g/mol. The minimum atomic E-state index is -1.08. The molecule has 0 aliphatic heterocycles. The van der Waals surface area contributed by atoms with E-state index in [-0.39, 0.29) is 0 Å². The number of benzene rings is 1. The number of hydrogen-bond acceptors (Lipinski definition) is 4. The van der Waals surface area contributed by atoms with Crippen LogP contribution in [0.5, 0.6) is 5.75 Å². The van der Waals surface area contributed by atoms with Gasteiger partial charge in [0.25, 0.3) is 0 Å². The number of carbonyl (C=O) groups is 1. The normalized spacial score (nSPS) is 11.0. The number of aromatic nitrogens is 1. The fourth-order valence-electron chi connectivity index (χ4n) is 1.76. The van der Waals surface area contributed by atoms with E-state index in [0.29, 0.717) is 24.3 Å². The number of rotatable bonds is 6. The summed E-state index contributed by atoms with van der Waals surface area (Å²) >= 11 is 1.56. The van der Waals surface area contributed by atoms with E-state index in [1.807, 2.05) is 6.92 Å². The minimum absolute atomic E-state index is 0.377. The molecule has 1 aromatic carbocycles. The summed E-state index contributed by atoms with van der Waals surface area (Å²) in [4.78, 5) is 15.7. The number of thiazole rings is 1. The van der Waals surface area contributed by atoms with E-state index in [1.54, 1.807) is 22.9 Å². The lowest BCUT2D eigenvalue weighted by molar-refractivity contribution is -0.131. The number of aryl methyl sites for hydroxylation is 1. The molecule has 1 heterocycles.